The van der Waals surface area contributed by atoms with E-state index in [0.29, 0.717) is 16.3 Å². The van der Waals surface area contributed by atoms with Crippen LogP contribution < -0.4 is 9.62 Å². The van der Waals surface area contributed by atoms with Gasteiger partial charge in [-0.25, -0.2) is 8.42 Å². The Hall–Kier alpha value is -4.14. The minimum Gasteiger partial charge on any atom is -0.350 e. The van der Waals surface area contributed by atoms with Crippen LogP contribution in [0.25, 0.3) is 0 Å². The van der Waals surface area contributed by atoms with Gasteiger partial charge >= 0.3 is 0 Å². The molecule has 0 heterocycles. The number of hydrogen-bond donors (Lipinski definition) is 1. The number of aryl methyl sites for hydroxylation is 2. The molecule has 236 valence electrons. The summed E-state index contributed by atoms with van der Waals surface area (Å²) in [7, 11) is -4.21. The molecule has 0 aliphatic heterocycles. The van der Waals surface area contributed by atoms with Gasteiger partial charge in [0.25, 0.3) is 10.0 Å². The van der Waals surface area contributed by atoms with Gasteiger partial charge in [-0.2, -0.15) is 0 Å². The van der Waals surface area contributed by atoms with Crippen molar-refractivity contribution in [2.24, 2.45) is 0 Å². The summed E-state index contributed by atoms with van der Waals surface area (Å²) in [4.78, 5) is 30.1. The Bertz CT molecular complexity index is 1740. The first-order chi connectivity index (χ1) is 21.2. The van der Waals surface area contributed by atoms with E-state index in [0.717, 1.165) is 21.0 Å². The average molecular weight is 646 g/mol. The van der Waals surface area contributed by atoms with Crippen LogP contribution in [0.15, 0.2) is 108 Å². The minimum absolute atomic E-state index is 0.000464. The fourth-order valence-electron chi connectivity index (χ4n) is 5.10. The van der Waals surface area contributed by atoms with Crippen LogP contribution in [0.1, 0.15) is 43.0 Å². The van der Waals surface area contributed by atoms with Crippen molar-refractivity contribution in [1.82, 2.24) is 10.2 Å². The molecule has 4 aromatic rings. The van der Waals surface area contributed by atoms with Gasteiger partial charge in [-0.1, -0.05) is 90.0 Å². The van der Waals surface area contributed by atoms with Gasteiger partial charge in [0.1, 0.15) is 12.6 Å². The van der Waals surface area contributed by atoms with E-state index in [1.165, 1.54) is 29.2 Å². The Labute approximate surface area is 271 Å². The lowest BCUT2D eigenvalue weighted by molar-refractivity contribution is -0.140. The summed E-state index contributed by atoms with van der Waals surface area (Å²) in [6.07, 6.45) is 0.245. The summed E-state index contributed by atoms with van der Waals surface area (Å²) >= 11 is 6.07. The molecule has 9 heteroatoms. The summed E-state index contributed by atoms with van der Waals surface area (Å²) in [5, 5.41) is 3.44. The molecule has 0 unspecified atom stereocenters. The molecule has 0 saturated carbocycles. The van der Waals surface area contributed by atoms with Gasteiger partial charge in [-0.15, -0.1) is 0 Å². The highest BCUT2D eigenvalue weighted by Gasteiger charge is 2.36. The molecule has 4 aromatic carbocycles. The average Bonchev–Trinajstić information content (AvgIpc) is 2.98. The quantitative estimate of drug-likeness (QED) is 0.197. The van der Waals surface area contributed by atoms with Crippen LogP contribution in [0.2, 0.25) is 5.02 Å². The van der Waals surface area contributed by atoms with Gasteiger partial charge < -0.3 is 10.2 Å². The number of benzene rings is 4. The lowest BCUT2D eigenvalue weighted by Gasteiger charge is -2.35. The molecular weight excluding hydrogens is 606 g/mol. The van der Waals surface area contributed by atoms with Crippen LogP contribution in [0.3, 0.4) is 0 Å². The zero-order valence-corrected chi connectivity index (χ0v) is 27.9. The number of anilines is 1. The Morgan fingerprint density at radius 1 is 0.822 bits per heavy atom. The monoisotopic (exact) mass is 645 g/mol. The van der Waals surface area contributed by atoms with E-state index in [1.54, 1.807) is 25.1 Å². The predicted molar refractivity (Wildman–Crippen MR) is 181 cm³/mol. The molecule has 1 N–H and O–H groups in total. The second kappa shape index (κ2) is 14.3. The smallest absolute Gasteiger partial charge is 0.264 e. The largest absolute Gasteiger partial charge is 0.350 e. The lowest BCUT2D eigenvalue weighted by Crippen LogP contribution is -2.56. The molecule has 0 saturated heterocycles. The Balaban J connectivity index is 1.83. The number of amides is 2. The first-order valence-corrected chi connectivity index (χ1v) is 16.6. The van der Waals surface area contributed by atoms with Crippen molar-refractivity contribution in [1.29, 1.82) is 0 Å². The van der Waals surface area contributed by atoms with Gasteiger partial charge in [0.2, 0.25) is 11.8 Å². The summed E-state index contributed by atoms with van der Waals surface area (Å²) in [6.45, 7) is 9.00. The van der Waals surface area contributed by atoms with E-state index in [9.17, 15) is 18.0 Å². The third kappa shape index (κ3) is 8.96. The van der Waals surface area contributed by atoms with Crippen LogP contribution in [0.5, 0.6) is 0 Å². The van der Waals surface area contributed by atoms with E-state index < -0.39 is 34.1 Å². The molecule has 4 rings (SSSR count). The Morgan fingerprint density at radius 3 is 2.07 bits per heavy atom. The number of nitrogens with zero attached hydrogens (tertiary/aromatic N) is 2. The van der Waals surface area contributed by atoms with Crippen molar-refractivity contribution in [3.63, 3.8) is 0 Å². The predicted octanol–water partition coefficient (Wildman–Crippen LogP) is 6.71. The number of nitrogens with one attached hydrogen (secondary N) is 1. The zero-order chi connectivity index (χ0) is 32.8. The third-order valence-electron chi connectivity index (χ3n) is 7.27. The van der Waals surface area contributed by atoms with Gasteiger partial charge in [0.05, 0.1) is 10.6 Å². The van der Waals surface area contributed by atoms with E-state index in [1.807, 2.05) is 88.4 Å². The molecule has 2 amide bonds. The number of halogens is 1. The second-order valence-corrected chi connectivity index (χ2v) is 14.5. The van der Waals surface area contributed by atoms with Crippen molar-refractivity contribution in [3.8, 4) is 0 Å². The minimum atomic E-state index is -4.21. The molecule has 0 bridgehead atoms. The van der Waals surface area contributed by atoms with Gasteiger partial charge in [-0.3, -0.25) is 13.9 Å². The van der Waals surface area contributed by atoms with Crippen molar-refractivity contribution in [3.05, 3.63) is 130 Å². The fourth-order valence-corrected chi connectivity index (χ4v) is 6.71. The normalized spacial score (nSPS) is 12.3. The molecule has 1 atom stereocenters. The molecule has 45 heavy (non-hydrogen) atoms. The fraction of sp³-hybridized carbons (Fsp3) is 0.278. The molecule has 0 spiro atoms. The van der Waals surface area contributed by atoms with Crippen LogP contribution in [-0.4, -0.2) is 43.3 Å². The molecule has 0 aromatic heterocycles. The van der Waals surface area contributed by atoms with E-state index in [-0.39, 0.29) is 23.8 Å². The molecule has 0 radical (unpaired) electrons. The van der Waals surface area contributed by atoms with Gasteiger partial charge in [0.15, 0.2) is 0 Å². The van der Waals surface area contributed by atoms with Crippen LogP contribution in [0.4, 0.5) is 5.69 Å². The molecular formula is C36H40ClN3O4S. The van der Waals surface area contributed by atoms with Crippen molar-refractivity contribution < 1.29 is 18.0 Å². The number of carbonyl (C=O) groups is 2. The number of carbonyl (C=O) groups excluding carboxylic acids is 2. The second-order valence-electron chi connectivity index (χ2n) is 12.2. The highest BCUT2D eigenvalue weighted by atomic mass is 35.5. The maximum atomic E-state index is 14.6. The van der Waals surface area contributed by atoms with Gasteiger partial charge in [0, 0.05) is 23.5 Å². The highest BCUT2D eigenvalue weighted by molar-refractivity contribution is 7.92. The Kier molecular flexibility index (Phi) is 10.7. The number of rotatable bonds is 11. The summed E-state index contributed by atoms with van der Waals surface area (Å²) in [5.41, 5.74) is 3.20. The molecule has 0 aliphatic carbocycles. The maximum absolute atomic E-state index is 14.6. The van der Waals surface area contributed by atoms with E-state index in [4.69, 9.17) is 11.6 Å². The van der Waals surface area contributed by atoms with E-state index >= 15 is 0 Å². The standard InChI is InChI=1S/C36H40ClN3O4S/c1-26-12-11-16-29(22-26)24-39(33(35(42)38-36(3,4)5)23-28-14-7-6-8-15-28)34(41)25-40(32-17-10-9-13-27(32)2)45(43,44)31-20-18-30(37)19-21-31/h6-22,33H,23-25H2,1-5H3,(H,38,42)/t33-/m1/s1. The SMILES string of the molecule is Cc1cccc(CN(C(=O)CN(c2ccccc2C)S(=O)(=O)c2ccc(Cl)cc2)[C@H](Cc2ccccc2)C(=O)NC(C)(C)C)c1. The molecule has 0 aliphatic rings. The first-order valence-electron chi connectivity index (χ1n) is 14.8. The highest BCUT2D eigenvalue weighted by Crippen LogP contribution is 2.28. The van der Waals surface area contributed by atoms with Crippen LogP contribution in [0, 0.1) is 13.8 Å². The summed E-state index contributed by atoms with van der Waals surface area (Å²) < 4.78 is 29.5. The molecule has 0 fully saturated rings. The van der Waals surface area contributed by atoms with Crippen LogP contribution in [-0.2, 0) is 32.6 Å². The van der Waals surface area contributed by atoms with E-state index in [2.05, 4.69) is 5.32 Å². The van der Waals surface area contributed by atoms with Crippen molar-refractivity contribution in [2.45, 2.75) is 64.1 Å². The first kappa shape index (κ1) is 33.7. The maximum Gasteiger partial charge on any atom is 0.264 e. The van der Waals surface area contributed by atoms with Crippen molar-refractivity contribution >= 4 is 39.1 Å². The molecule has 7 nitrogen and oxygen atoms in total. The number of para-hydroxylation sites is 1. The number of hydrogen-bond acceptors (Lipinski definition) is 4. The lowest BCUT2D eigenvalue weighted by atomic mass is 10.0. The van der Waals surface area contributed by atoms with Gasteiger partial charge in [-0.05, 0) is 81.6 Å². The van der Waals surface area contributed by atoms with Crippen molar-refractivity contribution in [2.75, 3.05) is 10.8 Å². The topological polar surface area (TPSA) is 86.8 Å². The Morgan fingerprint density at radius 2 is 1.44 bits per heavy atom. The third-order valence-corrected chi connectivity index (χ3v) is 9.30. The van der Waals surface area contributed by atoms with Crippen LogP contribution >= 0.6 is 11.6 Å². The zero-order valence-electron chi connectivity index (χ0n) is 26.3. The summed E-state index contributed by atoms with van der Waals surface area (Å²) in [5.74, 6) is -0.836. The summed E-state index contributed by atoms with van der Waals surface area (Å²) in [6, 6.07) is 29.2. The number of sulfonamides is 1.